The van der Waals surface area contributed by atoms with E-state index in [0.717, 1.165) is 3.57 Å². The van der Waals surface area contributed by atoms with Crippen molar-refractivity contribution in [3.05, 3.63) is 16.0 Å². The van der Waals surface area contributed by atoms with Gasteiger partial charge in [-0.1, -0.05) is 0 Å². The monoisotopic (exact) mass is 307 g/mol. The predicted octanol–water partition coefficient (Wildman–Crippen LogP) is 1.40. The van der Waals surface area contributed by atoms with Gasteiger partial charge in [-0.25, -0.2) is 0 Å². The summed E-state index contributed by atoms with van der Waals surface area (Å²) in [6, 6.07) is 0.209. The molecule has 0 aliphatic heterocycles. The maximum absolute atomic E-state index is 11.3. The third kappa shape index (κ3) is 4.08. The minimum Gasteiger partial charge on any atom is -0.354 e. The molecule has 1 heterocycles. The van der Waals surface area contributed by atoms with Crippen molar-refractivity contribution in [3.63, 3.8) is 0 Å². The topological polar surface area (TPSA) is 46.9 Å². The van der Waals surface area contributed by atoms with Gasteiger partial charge in [0.05, 0.1) is 9.77 Å². The van der Waals surface area contributed by atoms with Gasteiger partial charge in [0.1, 0.15) is 0 Å². The molecule has 1 N–H and O–H groups in total. The van der Waals surface area contributed by atoms with Crippen LogP contribution in [0.15, 0.2) is 12.4 Å². The first-order valence-corrected chi connectivity index (χ1v) is 5.63. The molecule has 78 valence electrons. The van der Waals surface area contributed by atoms with E-state index < -0.39 is 0 Å². The maximum Gasteiger partial charge on any atom is 0.222 e. The summed E-state index contributed by atoms with van der Waals surface area (Å²) in [6.07, 6.45) is 4.18. The zero-order valence-electron chi connectivity index (χ0n) is 8.33. The standard InChI is InChI=1S/C9H14IN3O/c1-7(2)12-9(14)3-4-13-6-8(10)5-11-13/h5-7H,3-4H2,1-2H3,(H,12,14). The first-order valence-electron chi connectivity index (χ1n) is 4.55. The largest absolute Gasteiger partial charge is 0.354 e. The lowest BCUT2D eigenvalue weighted by molar-refractivity contribution is -0.121. The summed E-state index contributed by atoms with van der Waals surface area (Å²) in [6.45, 7) is 4.55. The van der Waals surface area contributed by atoms with Gasteiger partial charge < -0.3 is 5.32 Å². The van der Waals surface area contributed by atoms with Gasteiger partial charge in [0, 0.05) is 25.2 Å². The van der Waals surface area contributed by atoms with Crippen molar-refractivity contribution in [2.24, 2.45) is 0 Å². The summed E-state index contributed by atoms with van der Waals surface area (Å²) in [5.74, 6) is 0.0745. The smallest absolute Gasteiger partial charge is 0.222 e. The van der Waals surface area contributed by atoms with Crippen molar-refractivity contribution in [1.82, 2.24) is 15.1 Å². The number of nitrogens with one attached hydrogen (secondary N) is 1. The fourth-order valence-electron chi connectivity index (χ4n) is 1.07. The molecule has 0 aliphatic carbocycles. The molecule has 14 heavy (non-hydrogen) atoms. The molecule has 4 nitrogen and oxygen atoms in total. The summed E-state index contributed by atoms with van der Waals surface area (Å²) in [7, 11) is 0. The Morgan fingerprint density at radius 1 is 1.71 bits per heavy atom. The number of carbonyl (C=O) groups excluding carboxylic acids is 1. The Kier molecular flexibility index (Phi) is 4.37. The third-order valence-electron chi connectivity index (χ3n) is 1.62. The van der Waals surface area contributed by atoms with Crippen molar-refractivity contribution < 1.29 is 4.79 Å². The van der Waals surface area contributed by atoms with Crippen molar-refractivity contribution in [2.45, 2.75) is 32.9 Å². The Labute approximate surface area is 97.2 Å². The number of nitrogens with zero attached hydrogens (tertiary/aromatic N) is 2. The Morgan fingerprint density at radius 3 is 2.93 bits per heavy atom. The molecule has 1 aromatic heterocycles. The summed E-state index contributed by atoms with van der Waals surface area (Å²) in [5, 5.41) is 6.93. The molecular formula is C9H14IN3O. The van der Waals surface area contributed by atoms with Gasteiger partial charge in [-0.05, 0) is 36.4 Å². The summed E-state index contributed by atoms with van der Waals surface area (Å²) >= 11 is 2.19. The van der Waals surface area contributed by atoms with Crippen LogP contribution in [0.25, 0.3) is 0 Å². The fraction of sp³-hybridized carbons (Fsp3) is 0.556. The molecule has 0 aliphatic rings. The second kappa shape index (κ2) is 5.33. The van der Waals surface area contributed by atoms with E-state index >= 15 is 0 Å². The molecule has 0 saturated carbocycles. The van der Waals surface area contributed by atoms with E-state index in [2.05, 4.69) is 33.0 Å². The van der Waals surface area contributed by atoms with Crippen LogP contribution in [0.4, 0.5) is 0 Å². The normalized spacial score (nSPS) is 10.6. The van der Waals surface area contributed by atoms with Crippen LogP contribution in [0.5, 0.6) is 0 Å². The number of carbonyl (C=O) groups is 1. The Balaban J connectivity index is 2.30. The molecule has 0 radical (unpaired) electrons. The van der Waals surface area contributed by atoms with Crippen molar-refractivity contribution in [2.75, 3.05) is 0 Å². The Morgan fingerprint density at radius 2 is 2.43 bits per heavy atom. The number of rotatable bonds is 4. The molecule has 1 rings (SSSR count). The predicted molar refractivity (Wildman–Crippen MR) is 62.8 cm³/mol. The quantitative estimate of drug-likeness (QED) is 0.855. The second-order valence-corrected chi connectivity index (χ2v) is 4.64. The Bertz CT molecular complexity index is 309. The molecule has 0 saturated heterocycles. The lowest BCUT2D eigenvalue weighted by Gasteiger charge is -2.07. The number of halogens is 1. The molecule has 0 fully saturated rings. The highest BCUT2D eigenvalue weighted by Crippen LogP contribution is 2.01. The van der Waals surface area contributed by atoms with Gasteiger partial charge in [0.25, 0.3) is 0 Å². The zero-order chi connectivity index (χ0) is 10.6. The average molecular weight is 307 g/mol. The van der Waals surface area contributed by atoms with Crippen LogP contribution in [0.1, 0.15) is 20.3 Å². The molecule has 1 aromatic rings. The third-order valence-corrected chi connectivity index (χ3v) is 2.18. The molecule has 0 aromatic carbocycles. The molecule has 0 atom stereocenters. The summed E-state index contributed by atoms with van der Waals surface area (Å²) < 4.78 is 2.87. The van der Waals surface area contributed by atoms with E-state index in [1.54, 1.807) is 10.9 Å². The van der Waals surface area contributed by atoms with E-state index in [0.29, 0.717) is 13.0 Å². The van der Waals surface area contributed by atoms with Crippen LogP contribution in [0.2, 0.25) is 0 Å². The molecule has 0 spiro atoms. The van der Waals surface area contributed by atoms with Crippen molar-refractivity contribution in [1.29, 1.82) is 0 Å². The van der Waals surface area contributed by atoms with E-state index in [-0.39, 0.29) is 11.9 Å². The highest BCUT2D eigenvalue weighted by atomic mass is 127. The minimum atomic E-state index is 0.0745. The minimum absolute atomic E-state index is 0.0745. The van der Waals surface area contributed by atoms with Gasteiger partial charge in [0.2, 0.25) is 5.91 Å². The number of hydrogen-bond acceptors (Lipinski definition) is 2. The highest BCUT2D eigenvalue weighted by molar-refractivity contribution is 14.1. The summed E-state index contributed by atoms with van der Waals surface area (Å²) in [4.78, 5) is 11.3. The van der Waals surface area contributed by atoms with E-state index in [9.17, 15) is 4.79 Å². The van der Waals surface area contributed by atoms with Crippen LogP contribution in [-0.2, 0) is 11.3 Å². The van der Waals surface area contributed by atoms with E-state index in [1.807, 2.05) is 20.0 Å². The summed E-state index contributed by atoms with van der Waals surface area (Å²) in [5.41, 5.74) is 0. The lowest BCUT2D eigenvalue weighted by atomic mass is 10.3. The van der Waals surface area contributed by atoms with Crippen LogP contribution in [0.3, 0.4) is 0 Å². The van der Waals surface area contributed by atoms with Crippen LogP contribution in [0, 0.1) is 3.57 Å². The number of aromatic nitrogens is 2. The van der Waals surface area contributed by atoms with Crippen molar-refractivity contribution >= 4 is 28.5 Å². The highest BCUT2D eigenvalue weighted by Gasteiger charge is 2.03. The van der Waals surface area contributed by atoms with Gasteiger partial charge in [0.15, 0.2) is 0 Å². The van der Waals surface area contributed by atoms with Crippen LogP contribution < -0.4 is 5.32 Å². The van der Waals surface area contributed by atoms with Gasteiger partial charge in [-0.15, -0.1) is 0 Å². The number of aryl methyl sites for hydroxylation is 1. The first kappa shape index (κ1) is 11.5. The average Bonchev–Trinajstić information content (AvgIpc) is 2.47. The SMILES string of the molecule is CC(C)NC(=O)CCn1cc(I)cn1. The first-order chi connectivity index (χ1) is 6.58. The molecular weight excluding hydrogens is 293 g/mol. The van der Waals surface area contributed by atoms with E-state index in [1.165, 1.54) is 0 Å². The lowest BCUT2D eigenvalue weighted by Crippen LogP contribution is -2.30. The molecule has 5 heteroatoms. The van der Waals surface area contributed by atoms with Gasteiger partial charge in [-0.2, -0.15) is 5.10 Å². The zero-order valence-corrected chi connectivity index (χ0v) is 10.5. The maximum atomic E-state index is 11.3. The molecule has 1 amide bonds. The second-order valence-electron chi connectivity index (χ2n) is 3.39. The van der Waals surface area contributed by atoms with Crippen LogP contribution in [-0.4, -0.2) is 21.7 Å². The molecule has 0 bridgehead atoms. The van der Waals surface area contributed by atoms with Gasteiger partial charge in [-0.3, -0.25) is 9.48 Å². The van der Waals surface area contributed by atoms with Crippen LogP contribution >= 0.6 is 22.6 Å². The van der Waals surface area contributed by atoms with Gasteiger partial charge >= 0.3 is 0 Å². The number of amides is 1. The van der Waals surface area contributed by atoms with E-state index in [4.69, 9.17) is 0 Å². The van der Waals surface area contributed by atoms with Crippen molar-refractivity contribution in [3.8, 4) is 0 Å². The Hall–Kier alpha value is -0.590. The fourth-order valence-corrected chi connectivity index (χ4v) is 1.52. The molecule has 0 unspecified atom stereocenters. The number of hydrogen-bond donors (Lipinski definition) is 1.